The monoisotopic (exact) mass is 437 g/mol. The number of H-pyrrole nitrogens is 1. The van der Waals surface area contributed by atoms with E-state index >= 15 is 0 Å². The normalized spacial score (nSPS) is 12.9. The minimum Gasteiger partial charge on any atom is -0.455 e. The van der Waals surface area contributed by atoms with Crippen molar-refractivity contribution in [1.82, 2.24) is 15.3 Å². The lowest BCUT2D eigenvalue weighted by molar-refractivity contribution is 0.0893. The number of hydrogen-bond acceptors (Lipinski definition) is 5. The van der Waals surface area contributed by atoms with Crippen LogP contribution in [0.5, 0.6) is 0 Å². The van der Waals surface area contributed by atoms with Gasteiger partial charge in [0.2, 0.25) is 0 Å². The molecule has 0 saturated heterocycles. The highest BCUT2D eigenvalue weighted by atomic mass is 32.2. The number of nitrogens with one attached hydrogen (secondary N) is 2. The van der Waals surface area contributed by atoms with E-state index in [0.29, 0.717) is 5.82 Å². The van der Waals surface area contributed by atoms with E-state index in [-0.39, 0.29) is 34.1 Å². The second kappa shape index (κ2) is 8.39. The van der Waals surface area contributed by atoms with E-state index in [1.807, 2.05) is 38.1 Å². The zero-order chi connectivity index (χ0) is 22.0. The molecule has 2 aromatic carbocycles. The Bertz CT molecular complexity index is 1270. The van der Waals surface area contributed by atoms with Crippen LogP contribution in [-0.4, -0.2) is 24.3 Å². The molecule has 0 aliphatic heterocycles. The van der Waals surface area contributed by atoms with Gasteiger partial charge in [-0.1, -0.05) is 44.2 Å². The number of aromatic amines is 1. The molecule has 4 aromatic rings. The van der Waals surface area contributed by atoms with Crippen LogP contribution in [0.4, 0.5) is 0 Å². The van der Waals surface area contributed by atoms with Crippen LogP contribution in [0.15, 0.2) is 76.0 Å². The standard InChI is InChI=1S/C23H23N3O4S/c1-15(2)21(22-24-18-10-6-7-11-19(18)25-22)26-23(27)20-13-12-16(30-20)14-31(28,29)17-8-4-3-5-9-17/h3-13,15,21H,14H2,1-2H3,(H,24,25)(H,26,27)/t21-/m0/s1. The molecule has 31 heavy (non-hydrogen) atoms. The van der Waals surface area contributed by atoms with E-state index in [0.717, 1.165) is 11.0 Å². The van der Waals surface area contributed by atoms with E-state index < -0.39 is 15.7 Å². The zero-order valence-electron chi connectivity index (χ0n) is 17.2. The summed E-state index contributed by atoms with van der Waals surface area (Å²) < 4.78 is 30.6. The van der Waals surface area contributed by atoms with Crippen LogP contribution in [0, 0.1) is 5.92 Å². The van der Waals surface area contributed by atoms with Gasteiger partial charge in [-0.25, -0.2) is 13.4 Å². The molecule has 8 heteroatoms. The summed E-state index contributed by atoms with van der Waals surface area (Å²) in [5.74, 6) is 0.239. The van der Waals surface area contributed by atoms with Gasteiger partial charge < -0.3 is 14.7 Å². The molecule has 2 aromatic heterocycles. The van der Waals surface area contributed by atoms with Crippen molar-refractivity contribution >= 4 is 26.8 Å². The first-order chi connectivity index (χ1) is 14.8. The summed E-state index contributed by atoms with van der Waals surface area (Å²) in [6, 6.07) is 18.4. The van der Waals surface area contributed by atoms with Crippen LogP contribution < -0.4 is 5.32 Å². The molecule has 0 spiro atoms. The van der Waals surface area contributed by atoms with Crippen molar-refractivity contribution in [3.05, 3.63) is 84.1 Å². The van der Waals surface area contributed by atoms with Crippen LogP contribution in [-0.2, 0) is 15.6 Å². The first kappa shape index (κ1) is 20.9. The number of sulfone groups is 1. The molecule has 2 heterocycles. The van der Waals surface area contributed by atoms with Crippen molar-refractivity contribution < 1.29 is 17.6 Å². The summed E-state index contributed by atoms with van der Waals surface area (Å²) in [6.07, 6.45) is 0. The summed E-state index contributed by atoms with van der Waals surface area (Å²) in [6.45, 7) is 3.97. The second-order valence-electron chi connectivity index (χ2n) is 7.67. The lowest BCUT2D eigenvalue weighted by atomic mass is 10.0. The molecule has 7 nitrogen and oxygen atoms in total. The quantitative estimate of drug-likeness (QED) is 0.449. The van der Waals surface area contributed by atoms with Crippen LogP contribution in [0.2, 0.25) is 0 Å². The molecular weight excluding hydrogens is 414 g/mol. The Balaban J connectivity index is 1.51. The lowest BCUT2D eigenvalue weighted by Gasteiger charge is -2.19. The number of benzene rings is 2. The first-order valence-corrected chi connectivity index (χ1v) is 11.6. The first-order valence-electron chi connectivity index (χ1n) is 9.95. The maximum atomic E-state index is 12.8. The Morgan fingerprint density at radius 2 is 1.74 bits per heavy atom. The maximum Gasteiger partial charge on any atom is 0.287 e. The van der Waals surface area contributed by atoms with Gasteiger partial charge in [0, 0.05) is 0 Å². The van der Waals surface area contributed by atoms with Gasteiger partial charge in [-0.05, 0) is 42.3 Å². The Hall–Kier alpha value is -3.39. The van der Waals surface area contributed by atoms with Gasteiger partial charge in [0.1, 0.15) is 17.3 Å². The number of imidazole rings is 1. The van der Waals surface area contributed by atoms with Crippen LogP contribution in [0.25, 0.3) is 11.0 Å². The Labute approximate surface area is 180 Å². The number of carbonyl (C=O) groups excluding carboxylic acids is 1. The van der Waals surface area contributed by atoms with Gasteiger partial charge in [0.25, 0.3) is 5.91 Å². The van der Waals surface area contributed by atoms with Gasteiger partial charge in [-0.3, -0.25) is 4.79 Å². The molecule has 4 rings (SSSR count). The van der Waals surface area contributed by atoms with Gasteiger partial charge >= 0.3 is 0 Å². The van der Waals surface area contributed by atoms with Gasteiger partial charge in [0.05, 0.1) is 22.0 Å². The third-order valence-electron chi connectivity index (χ3n) is 4.98. The summed E-state index contributed by atoms with van der Waals surface area (Å²) in [5.41, 5.74) is 1.72. The number of aromatic nitrogens is 2. The van der Waals surface area contributed by atoms with Crippen molar-refractivity contribution in [1.29, 1.82) is 0 Å². The number of nitrogens with zero attached hydrogens (tertiary/aromatic N) is 1. The molecule has 0 fully saturated rings. The average Bonchev–Trinajstić information content (AvgIpc) is 3.38. The number of fused-ring (bicyclic) bond motifs is 1. The number of para-hydroxylation sites is 2. The van der Waals surface area contributed by atoms with E-state index in [4.69, 9.17) is 4.42 Å². The third kappa shape index (κ3) is 4.54. The molecule has 2 N–H and O–H groups in total. The maximum absolute atomic E-state index is 12.8. The number of carbonyl (C=O) groups is 1. The SMILES string of the molecule is CC(C)[C@H](NC(=O)c1ccc(CS(=O)(=O)c2ccccc2)o1)c1nc2ccccc2[nH]1. The van der Waals surface area contributed by atoms with Crippen molar-refractivity contribution in [2.75, 3.05) is 0 Å². The zero-order valence-corrected chi connectivity index (χ0v) is 18.0. The molecule has 0 bridgehead atoms. The third-order valence-corrected chi connectivity index (χ3v) is 6.63. The van der Waals surface area contributed by atoms with Crippen molar-refractivity contribution in [2.45, 2.75) is 30.5 Å². The lowest BCUT2D eigenvalue weighted by Crippen LogP contribution is -2.32. The van der Waals surface area contributed by atoms with Gasteiger partial charge in [0.15, 0.2) is 15.6 Å². The number of hydrogen-bond donors (Lipinski definition) is 2. The highest BCUT2D eigenvalue weighted by molar-refractivity contribution is 7.90. The Morgan fingerprint density at radius 1 is 1.03 bits per heavy atom. The molecule has 1 atom stereocenters. The van der Waals surface area contributed by atoms with Crippen molar-refractivity contribution in [2.24, 2.45) is 5.92 Å². The van der Waals surface area contributed by atoms with E-state index in [1.165, 1.54) is 24.3 Å². The predicted molar refractivity (Wildman–Crippen MR) is 117 cm³/mol. The molecule has 0 aliphatic rings. The molecule has 0 unspecified atom stereocenters. The molecule has 0 saturated carbocycles. The molecule has 1 amide bonds. The fourth-order valence-electron chi connectivity index (χ4n) is 3.36. The minimum atomic E-state index is -3.56. The number of rotatable bonds is 7. The van der Waals surface area contributed by atoms with Gasteiger partial charge in [-0.15, -0.1) is 0 Å². The predicted octanol–water partition coefficient (Wildman–Crippen LogP) is 4.26. The van der Waals surface area contributed by atoms with Crippen molar-refractivity contribution in [3.63, 3.8) is 0 Å². The van der Waals surface area contributed by atoms with E-state index in [9.17, 15) is 13.2 Å². The summed E-state index contributed by atoms with van der Waals surface area (Å²) in [7, 11) is -3.56. The Morgan fingerprint density at radius 3 is 2.45 bits per heavy atom. The second-order valence-corrected chi connectivity index (χ2v) is 9.66. The summed E-state index contributed by atoms with van der Waals surface area (Å²) in [5, 5.41) is 2.94. The summed E-state index contributed by atoms with van der Waals surface area (Å²) >= 11 is 0. The van der Waals surface area contributed by atoms with Gasteiger partial charge in [-0.2, -0.15) is 0 Å². The van der Waals surface area contributed by atoms with E-state index in [1.54, 1.807) is 18.2 Å². The number of amides is 1. The minimum absolute atomic E-state index is 0.0556. The average molecular weight is 438 g/mol. The fourth-order valence-corrected chi connectivity index (χ4v) is 4.63. The van der Waals surface area contributed by atoms with Crippen LogP contribution in [0.3, 0.4) is 0 Å². The smallest absolute Gasteiger partial charge is 0.287 e. The highest BCUT2D eigenvalue weighted by Gasteiger charge is 2.25. The molecule has 0 radical (unpaired) electrons. The highest BCUT2D eigenvalue weighted by Crippen LogP contribution is 2.23. The largest absolute Gasteiger partial charge is 0.455 e. The van der Waals surface area contributed by atoms with E-state index in [2.05, 4.69) is 15.3 Å². The Kier molecular flexibility index (Phi) is 5.65. The summed E-state index contributed by atoms with van der Waals surface area (Å²) in [4.78, 5) is 20.9. The fraction of sp³-hybridized carbons (Fsp3) is 0.217. The van der Waals surface area contributed by atoms with Crippen LogP contribution >= 0.6 is 0 Å². The van der Waals surface area contributed by atoms with Crippen molar-refractivity contribution in [3.8, 4) is 0 Å². The topological polar surface area (TPSA) is 105 Å². The molecule has 160 valence electrons. The molecule has 0 aliphatic carbocycles. The van der Waals surface area contributed by atoms with Crippen LogP contribution in [0.1, 0.15) is 42.0 Å². The number of furan rings is 1. The molecular formula is C23H23N3O4S.